The number of rotatable bonds is 3. The van der Waals surface area contributed by atoms with Crippen LogP contribution in [0.25, 0.3) is 0 Å². The fourth-order valence-corrected chi connectivity index (χ4v) is 3.47. The topological polar surface area (TPSA) is 3.24 Å². The number of hydrogen-bond donors (Lipinski definition) is 1. The van der Waals surface area contributed by atoms with Gasteiger partial charge in [-0.05, 0) is 19.5 Å². The average molecular weight is 344 g/mol. The summed E-state index contributed by atoms with van der Waals surface area (Å²) < 4.78 is 0.115. The van der Waals surface area contributed by atoms with Crippen molar-refractivity contribution < 1.29 is 32.7 Å². The standard InChI is InChI=1S/C15H29NS.Y/c1-6-12(2)9-14-7-8-16(5)11-13(3)10-15(14,4)17;/h12-13,17H,1,6-11H2,2-5H3;/q-2;. The van der Waals surface area contributed by atoms with E-state index in [0.29, 0.717) is 5.92 Å². The van der Waals surface area contributed by atoms with Crippen molar-refractivity contribution in [3.05, 3.63) is 12.8 Å². The van der Waals surface area contributed by atoms with Gasteiger partial charge in [-0.2, -0.15) is 19.3 Å². The molecule has 1 heterocycles. The van der Waals surface area contributed by atoms with Crippen LogP contribution >= 0.6 is 12.6 Å². The predicted octanol–water partition coefficient (Wildman–Crippen LogP) is 3.86. The van der Waals surface area contributed by atoms with Crippen LogP contribution in [0.2, 0.25) is 0 Å². The number of hydrogen-bond acceptors (Lipinski definition) is 2. The molecular formula is C15H29NSY-2. The van der Waals surface area contributed by atoms with Crippen LogP contribution in [0.5, 0.6) is 0 Å². The van der Waals surface area contributed by atoms with E-state index in [-0.39, 0.29) is 37.5 Å². The molecule has 0 aliphatic carbocycles. The van der Waals surface area contributed by atoms with E-state index in [9.17, 15) is 0 Å². The molecule has 1 fully saturated rings. The maximum absolute atomic E-state index is 4.96. The van der Waals surface area contributed by atoms with Gasteiger partial charge in [-0.15, -0.1) is 4.75 Å². The van der Waals surface area contributed by atoms with Gasteiger partial charge in [0.1, 0.15) is 0 Å². The van der Waals surface area contributed by atoms with Crippen molar-refractivity contribution in [1.29, 1.82) is 0 Å². The normalized spacial score (nSPS) is 33.3. The molecule has 18 heavy (non-hydrogen) atoms. The monoisotopic (exact) mass is 344 g/mol. The van der Waals surface area contributed by atoms with Gasteiger partial charge in [-0.25, -0.2) is 12.6 Å². The van der Waals surface area contributed by atoms with Crippen molar-refractivity contribution in [3.8, 4) is 0 Å². The van der Waals surface area contributed by atoms with Gasteiger partial charge in [0.15, 0.2) is 0 Å². The van der Waals surface area contributed by atoms with Crippen LogP contribution < -0.4 is 0 Å². The van der Waals surface area contributed by atoms with Crippen molar-refractivity contribution in [1.82, 2.24) is 4.90 Å². The Kier molecular flexibility index (Phi) is 9.32. The van der Waals surface area contributed by atoms with Crippen LogP contribution in [0.15, 0.2) is 0 Å². The molecule has 3 heteroatoms. The van der Waals surface area contributed by atoms with Crippen molar-refractivity contribution in [3.63, 3.8) is 0 Å². The molecule has 1 rings (SSSR count). The average Bonchev–Trinajstić information content (AvgIpc) is 2.21. The Bertz CT molecular complexity index is 233. The summed E-state index contributed by atoms with van der Waals surface area (Å²) in [6.45, 7) is 13.4. The molecule has 0 N–H and O–H groups in total. The van der Waals surface area contributed by atoms with E-state index in [1.54, 1.807) is 5.92 Å². The zero-order chi connectivity index (χ0) is 13.1. The van der Waals surface area contributed by atoms with Crippen molar-refractivity contribution in [2.45, 2.75) is 51.2 Å². The number of thiol groups is 1. The van der Waals surface area contributed by atoms with Gasteiger partial charge in [-0.3, -0.25) is 5.92 Å². The Morgan fingerprint density at radius 1 is 1.56 bits per heavy atom. The Labute approximate surface area is 145 Å². The molecule has 0 amide bonds. The molecule has 105 valence electrons. The van der Waals surface area contributed by atoms with Gasteiger partial charge in [0.2, 0.25) is 0 Å². The van der Waals surface area contributed by atoms with E-state index in [0.717, 1.165) is 12.3 Å². The molecule has 1 saturated heterocycles. The van der Waals surface area contributed by atoms with Crippen LogP contribution in [0.1, 0.15) is 46.5 Å². The van der Waals surface area contributed by atoms with E-state index < -0.39 is 0 Å². The van der Waals surface area contributed by atoms with Crippen LogP contribution in [0, 0.1) is 24.7 Å². The van der Waals surface area contributed by atoms with Crippen molar-refractivity contribution >= 4 is 12.6 Å². The molecule has 1 radical (unpaired) electrons. The molecule has 1 aliphatic heterocycles. The zero-order valence-corrected chi connectivity index (χ0v) is 16.3. The van der Waals surface area contributed by atoms with Gasteiger partial charge in [-0.1, -0.05) is 33.1 Å². The fraction of sp³-hybridized carbons (Fsp3) is 0.867. The third kappa shape index (κ3) is 6.24. The number of nitrogens with zero attached hydrogens (tertiary/aromatic N) is 1. The van der Waals surface area contributed by atoms with E-state index in [4.69, 9.17) is 12.6 Å². The summed E-state index contributed by atoms with van der Waals surface area (Å²) in [4.78, 5) is 2.46. The summed E-state index contributed by atoms with van der Waals surface area (Å²) in [7, 11) is 2.24. The minimum atomic E-state index is 0. The fourth-order valence-electron chi connectivity index (χ4n) is 2.95. The minimum absolute atomic E-state index is 0. The van der Waals surface area contributed by atoms with E-state index >= 15 is 0 Å². The molecule has 1 nitrogen and oxygen atoms in total. The molecule has 3 atom stereocenters. The van der Waals surface area contributed by atoms with Gasteiger partial charge < -0.3 is 11.8 Å². The molecule has 3 unspecified atom stereocenters. The molecule has 0 aromatic heterocycles. The van der Waals surface area contributed by atoms with Gasteiger partial charge in [0, 0.05) is 39.3 Å². The minimum Gasteiger partial charge on any atom is -0.343 e. The van der Waals surface area contributed by atoms with Gasteiger partial charge in [0.25, 0.3) is 0 Å². The van der Waals surface area contributed by atoms with Gasteiger partial charge >= 0.3 is 0 Å². The first kappa shape index (κ1) is 19.4. The summed E-state index contributed by atoms with van der Waals surface area (Å²) in [5, 5.41) is 0. The molecule has 0 aromatic carbocycles. The summed E-state index contributed by atoms with van der Waals surface area (Å²) in [5.74, 6) is 3.06. The Balaban J connectivity index is 0.00000289. The van der Waals surface area contributed by atoms with E-state index in [1.165, 1.54) is 32.4 Å². The molecule has 0 spiro atoms. The summed E-state index contributed by atoms with van der Waals surface area (Å²) in [6, 6.07) is 0. The Hall–Kier alpha value is 1.41. The predicted molar refractivity (Wildman–Crippen MR) is 80.3 cm³/mol. The third-order valence-electron chi connectivity index (χ3n) is 4.01. The molecule has 1 aliphatic rings. The SMILES string of the molecule is [CH2-]CC(C)C[C-]1CCN(C)CC(C)CC1(C)S.[Y]. The summed E-state index contributed by atoms with van der Waals surface area (Å²) in [6.07, 6.45) is 4.62. The second-order valence-corrected chi connectivity index (χ2v) is 7.28. The first-order chi connectivity index (χ1) is 7.85. The smallest absolute Gasteiger partial charge is 0.000245 e. The van der Waals surface area contributed by atoms with E-state index in [2.05, 4.69) is 39.6 Å². The van der Waals surface area contributed by atoms with Crippen LogP contribution in [-0.2, 0) is 32.7 Å². The van der Waals surface area contributed by atoms with E-state index in [1.807, 2.05) is 0 Å². The van der Waals surface area contributed by atoms with Crippen LogP contribution in [0.4, 0.5) is 0 Å². The molecule has 0 bridgehead atoms. The first-order valence-electron chi connectivity index (χ1n) is 6.90. The van der Waals surface area contributed by atoms with Crippen molar-refractivity contribution in [2.24, 2.45) is 11.8 Å². The molecule has 0 aromatic rings. The largest absolute Gasteiger partial charge is 0.343 e. The third-order valence-corrected chi connectivity index (χ3v) is 4.51. The van der Waals surface area contributed by atoms with Gasteiger partial charge in [0.05, 0.1) is 0 Å². The van der Waals surface area contributed by atoms with Crippen LogP contribution in [0.3, 0.4) is 0 Å². The number of likely N-dealkylation sites (tertiary alicyclic amines) is 1. The molecule has 0 saturated carbocycles. The molecular weight excluding hydrogens is 315 g/mol. The Morgan fingerprint density at radius 2 is 2.17 bits per heavy atom. The summed E-state index contributed by atoms with van der Waals surface area (Å²) >= 11 is 4.96. The maximum Gasteiger partial charge on any atom is 0.000245 e. The maximum atomic E-state index is 4.96. The second kappa shape index (κ2) is 8.65. The first-order valence-corrected chi connectivity index (χ1v) is 7.35. The quantitative estimate of drug-likeness (QED) is 0.601. The van der Waals surface area contributed by atoms with Crippen LogP contribution in [-0.4, -0.2) is 29.8 Å². The summed E-state index contributed by atoms with van der Waals surface area (Å²) in [5.41, 5.74) is 0. The zero-order valence-electron chi connectivity index (χ0n) is 12.6. The van der Waals surface area contributed by atoms with Crippen molar-refractivity contribution in [2.75, 3.05) is 20.1 Å². The second-order valence-electron chi connectivity index (χ2n) is 6.30. The Morgan fingerprint density at radius 3 is 2.72 bits per heavy atom.